The van der Waals surface area contributed by atoms with Crippen molar-refractivity contribution in [2.45, 2.75) is 6.54 Å². The molecule has 0 bridgehead atoms. The van der Waals surface area contributed by atoms with E-state index in [0.717, 1.165) is 50.0 Å². The summed E-state index contributed by atoms with van der Waals surface area (Å²) in [6.45, 7) is 4.07. The van der Waals surface area contributed by atoms with Gasteiger partial charge in [0.15, 0.2) is 5.82 Å². The Labute approximate surface area is 147 Å². The van der Waals surface area contributed by atoms with Crippen LogP contribution in [0.15, 0.2) is 48.7 Å². The molecule has 1 saturated heterocycles. The molecule has 24 heavy (non-hydrogen) atoms. The van der Waals surface area contributed by atoms with Gasteiger partial charge in [-0.25, -0.2) is 4.98 Å². The predicted molar refractivity (Wildman–Crippen MR) is 100 cm³/mol. The number of fused-ring (bicyclic) bond motifs is 1. The third kappa shape index (κ3) is 3.47. The summed E-state index contributed by atoms with van der Waals surface area (Å²) >= 11 is 0. The standard InChI is InChI=1S/C18H20N4O.ClH/c1-2-4-14(5-3-1)13-20-18-17-15(6-7-19-17)12-16(21-18)22-8-10-23-11-9-22;/h1-7,12,19H,8-11,13H2,(H,20,21);1H. The number of hydrogen-bond acceptors (Lipinski definition) is 4. The van der Waals surface area contributed by atoms with Crippen molar-refractivity contribution in [2.75, 3.05) is 36.5 Å². The quantitative estimate of drug-likeness (QED) is 0.761. The number of H-pyrrole nitrogens is 1. The molecule has 2 N–H and O–H groups in total. The number of pyridine rings is 1. The second-order valence-corrected chi connectivity index (χ2v) is 5.71. The van der Waals surface area contributed by atoms with Gasteiger partial charge >= 0.3 is 0 Å². The molecule has 126 valence electrons. The molecule has 3 heterocycles. The van der Waals surface area contributed by atoms with E-state index in [1.165, 1.54) is 10.9 Å². The van der Waals surface area contributed by atoms with E-state index in [0.29, 0.717) is 0 Å². The zero-order valence-corrected chi connectivity index (χ0v) is 14.2. The van der Waals surface area contributed by atoms with Crippen molar-refractivity contribution >= 4 is 34.9 Å². The molecule has 0 amide bonds. The van der Waals surface area contributed by atoms with Gasteiger partial charge in [0.1, 0.15) is 5.82 Å². The average Bonchev–Trinajstić information content (AvgIpc) is 3.10. The highest BCUT2D eigenvalue weighted by molar-refractivity contribution is 5.91. The van der Waals surface area contributed by atoms with E-state index in [1.807, 2.05) is 12.3 Å². The molecule has 0 unspecified atom stereocenters. The van der Waals surface area contributed by atoms with Crippen LogP contribution in [0.2, 0.25) is 0 Å². The molecule has 2 aromatic heterocycles. The molecule has 0 radical (unpaired) electrons. The van der Waals surface area contributed by atoms with Crippen LogP contribution in [0.5, 0.6) is 0 Å². The Kier molecular flexibility index (Phi) is 5.23. The van der Waals surface area contributed by atoms with Crippen molar-refractivity contribution in [3.63, 3.8) is 0 Å². The van der Waals surface area contributed by atoms with Crippen LogP contribution in [0.4, 0.5) is 11.6 Å². The highest BCUT2D eigenvalue weighted by atomic mass is 35.5. The van der Waals surface area contributed by atoms with Crippen LogP contribution in [0.25, 0.3) is 10.9 Å². The Morgan fingerprint density at radius 2 is 1.92 bits per heavy atom. The van der Waals surface area contributed by atoms with Crippen molar-refractivity contribution < 1.29 is 4.74 Å². The lowest BCUT2D eigenvalue weighted by Gasteiger charge is -2.28. The highest BCUT2D eigenvalue weighted by Gasteiger charge is 2.15. The van der Waals surface area contributed by atoms with Gasteiger partial charge in [0, 0.05) is 31.2 Å². The molecule has 1 fully saturated rings. The lowest BCUT2D eigenvalue weighted by molar-refractivity contribution is 0.122. The number of ether oxygens (including phenoxy) is 1. The summed E-state index contributed by atoms with van der Waals surface area (Å²) in [5, 5.41) is 4.65. The minimum absolute atomic E-state index is 0. The Morgan fingerprint density at radius 1 is 1.12 bits per heavy atom. The first-order chi connectivity index (χ1) is 11.4. The topological polar surface area (TPSA) is 53.2 Å². The molecule has 5 nitrogen and oxygen atoms in total. The molecule has 3 aromatic rings. The summed E-state index contributed by atoms with van der Waals surface area (Å²) in [7, 11) is 0. The first-order valence-electron chi connectivity index (χ1n) is 7.99. The Bertz CT molecular complexity index is 784. The number of benzene rings is 1. The number of halogens is 1. The monoisotopic (exact) mass is 344 g/mol. The van der Waals surface area contributed by atoms with E-state index in [2.05, 4.69) is 51.6 Å². The predicted octanol–water partition coefficient (Wildman–Crippen LogP) is 3.43. The van der Waals surface area contributed by atoms with Gasteiger partial charge in [-0.15, -0.1) is 12.4 Å². The summed E-state index contributed by atoms with van der Waals surface area (Å²) in [6, 6.07) is 14.6. The van der Waals surface area contributed by atoms with Gasteiger partial charge in [-0.1, -0.05) is 30.3 Å². The molecule has 0 aliphatic carbocycles. The lowest BCUT2D eigenvalue weighted by Crippen LogP contribution is -2.36. The maximum Gasteiger partial charge on any atom is 0.153 e. The number of aromatic amines is 1. The summed E-state index contributed by atoms with van der Waals surface area (Å²) in [5.74, 6) is 1.91. The molecule has 6 heteroatoms. The van der Waals surface area contributed by atoms with Crippen LogP contribution >= 0.6 is 12.4 Å². The molecule has 1 aliphatic heterocycles. The molecule has 4 rings (SSSR count). The van der Waals surface area contributed by atoms with Crippen LogP contribution in [0.1, 0.15) is 5.56 Å². The van der Waals surface area contributed by atoms with Gasteiger partial charge in [-0.2, -0.15) is 0 Å². The van der Waals surface area contributed by atoms with E-state index in [4.69, 9.17) is 9.72 Å². The van der Waals surface area contributed by atoms with Crippen LogP contribution in [0.3, 0.4) is 0 Å². The maximum absolute atomic E-state index is 5.44. The number of hydrogen-bond donors (Lipinski definition) is 2. The molecule has 0 atom stereocenters. The number of morpholine rings is 1. The van der Waals surface area contributed by atoms with Crippen molar-refractivity contribution in [3.8, 4) is 0 Å². The Hall–Kier alpha value is -2.24. The summed E-state index contributed by atoms with van der Waals surface area (Å²) in [5.41, 5.74) is 2.30. The number of nitrogens with zero attached hydrogens (tertiary/aromatic N) is 2. The van der Waals surface area contributed by atoms with E-state index >= 15 is 0 Å². The fraction of sp³-hybridized carbons (Fsp3) is 0.278. The third-order valence-electron chi connectivity index (χ3n) is 4.16. The average molecular weight is 345 g/mol. The first kappa shape index (κ1) is 16.6. The lowest BCUT2D eigenvalue weighted by atomic mass is 10.2. The Balaban J connectivity index is 0.00000169. The third-order valence-corrected chi connectivity index (χ3v) is 4.16. The Morgan fingerprint density at radius 3 is 2.71 bits per heavy atom. The molecule has 1 aliphatic rings. The highest BCUT2D eigenvalue weighted by Crippen LogP contribution is 2.26. The largest absolute Gasteiger partial charge is 0.378 e. The van der Waals surface area contributed by atoms with Crippen LogP contribution in [0, 0.1) is 0 Å². The van der Waals surface area contributed by atoms with Crippen molar-refractivity contribution in [1.29, 1.82) is 0 Å². The number of nitrogens with one attached hydrogen (secondary N) is 2. The van der Waals surface area contributed by atoms with Gasteiger partial charge in [-0.3, -0.25) is 0 Å². The number of aromatic nitrogens is 2. The van der Waals surface area contributed by atoms with Gasteiger partial charge in [0.25, 0.3) is 0 Å². The molecule has 1 aromatic carbocycles. The molecule has 0 spiro atoms. The molecular formula is C18H21ClN4O. The fourth-order valence-electron chi connectivity index (χ4n) is 2.91. The smallest absolute Gasteiger partial charge is 0.153 e. The van der Waals surface area contributed by atoms with E-state index in [1.54, 1.807) is 0 Å². The van der Waals surface area contributed by atoms with E-state index in [9.17, 15) is 0 Å². The zero-order valence-electron chi connectivity index (χ0n) is 13.4. The normalized spacial score (nSPS) is 14.4. The molecular weight excluding hydrogens is 324 g/mol. The van der Waals surface area contributed by atoms with Crippen LogP contribution in [-0.2, 0) is 11.3 Å². The van der Waals surface area contributed by atoms with Crippen molar-refractivity contribution in [2.24, 2.45) is 0 Å². The van der Waals surface area contributed by atoms with Gasteiger partial charge < -0.3 is 19.9 Å². The van der Waals surface area contributed by atoms with Gasteiger partial charge in [-0.05, 0) is 17.7 Å². The number of rotatable bonds is 4. The minimum Gasteiger partial charge on any atom is -0.378 e. The summed E-state index contributed by atoms with van der Waals surface area (Å²) in [4.78, 5) is 10.4. The zero-order chi connectivity index (χ0) is 15.5. The summed E-state index contributed by atoms with van der Waals surface area (Å²) in [6.07, 6.45) is 1.96. The fourth-order valence-corrected chi connectivity index (χ4v) is 2.91. The van der Waals surface area contributed by atoms with Crippen LogP contribution in [-0.4, -0.2) is 36.3 Å². The van der Waals surface area contributed by atoms with Crippen LogP contribution < -0.4 is 10.2 Å². The van der Waals surface area contributed by atoms with Gasteiger partial charge in [0.2, 0.25) is 0 Å². The number of anilines is 2. The SMILES string of the molecule is Cl.c1ccc(CNc2nc(N3CCOCC3)cc3cc[nH]c23)cc1. The van der Waals surface area contributed by atoms with Crippen molar-refractivity contribution in [1.82, 2.24) is 9.97 Å². The van der Waals surface area contributed by atoms with E-state index < -0.39 is 0 Å². The molecule has 0 saturated carbocycles. The second kappa shape index (κ2) is 7.55. The van der Waals surface area contributed by atoms with Gasteiger partial charge in [0.05, 0.1) is 18.7 Å². The van der Waals surface area contributed by atoms with Crippen molar-refractivity contribution in [3.05, 3.63) is 54.2 Å². The minimum atomic E-state index is 0. The maximum atomic E-state index is 5.44. The van der Waals surface area contributed by atoms with E-state index in [-0.39, 0.29) is 12.4 Å². The second-order valence-electron chi connectivity index (χ2n) is 5.71. The summed E-state index contributed by atoms with van der Waals surface area (Å²) < 4.78 is 5.44. The first-order valence-corrected chi connectivity index (χ1v) is 7.99.